The van der Waals surface area contributed by atoms with Gasteiger partial charge in [0.15, 0.2) is 5.78 Å². The molecule has 0 amide bonds. The molecule has 1 aliphatic rings. The van der Waals surface area contributed by atoms with E-state index in [1.54, 1.807) is 6.07 Å². The highest BCUT2D eigenvalue weighted by Gasteiger charge is 2.19. The Labute approximate surface area is 112 Å². The molecule has 0 saturated carbocycles. The van der Waals surface area contributed by atoms with E-state index in [4.69, 9.17) is 21.1 Å². The molecule has 2 rings (SSSR count). The first-order valence-electron chi connectivity index (χ1n) is 6.13. The summed E-state index contributed by atoms with van der Waals surface area (Å²) >= 11 is 6.04. The predicted molar refractivity (Wildman–Crippen MR) is 70.5 cm³/mol. The molecule has 0 fully saturated rings. The second-order valence-electron chi connectivity index (χ2n) is 4.73. The van der Waals surface area contributed by atoms with Crippen molar-refractivity contribution in [1.29, 1.82) is 0 Å². The molecule has 98 valence electrons. The summed E-state index contributed by atoms with van der Waals surface area (Å²) in [5, 5.41) is 0.659. The highest BCUT2D eigenvalue weighted by molar-refractivity contribution is 6.30. The molecule has 4 heteroatoms. The molecule has 1 aromatic carbocycles. The number of carbonyl (C=O) groups is 1. The molecule has 0 aromatic heterocycles. The topological polar surface area (TPSA) is 35.5 Å². The normalized spacial score (nSPS) is 13.6. The number of hydrogen-bond acceptors (Lipinski definition) is 3. The van der Waals surface area contributed by atoms with Gasteiger partial charge >= 0.3 is 0 Å². The molecule has 0 aliphatic carbocycles. The molecule has 0 unspecified atom stereocenters. The van der Waals surface area contributed by atoms with Gasteiger partial charge in [0.2, 0.25) is 0 Å². The third-order valence-corrected chi connectivity index (χ3v) is 3.01. The number of fused-ring (bicyclic) bond motifs is 1. The Bertz CT molecular complexity index is 455. The Hall–Kier alpha value is -1.06. The van der Waals surface area contributed by atoms with Crippen molar-refractivity contribution in [2.45, 2.75) is 32.8 Å². The SMILES string of the molecule is CC(C)OCC(=O)Cc1cc(Cl)cc2c1OCC2. The zero-order chi connectivity index (χ0) is 13.1. The lowest BCUT2D eigenvalue weighted by Crippen LogP contribution is -2.15. The van der Waals surface area contributed by atoms with E-state index >= 15 is 0 Å². The standard InChI is InChI=1S/C14H17ClO3/c1-9(2)18-8-13(16)7-11-6-12(15)5-10-3-4-17-14(10)11/h5-6,9H,3-4,7-8H2,1-2H3. The van der Waals surface area contributed by atoms with Crippen molar-refractivity contribution in [2.24, 2.45) is 0 Å². The van der Waals surface area contributed by atoms with Crippen molar-refractivity contribution >= 4 is 17.4 Å². The predicted octanol–water partition coefficient (Wildman–Crippen LogP) is 2.81. The third-order valence-electron chi connectivity index (χ3n) is 2.79. The maximum Gasteiger partial charge on any atom is 0.162 e. The Morgan fingerprint density at radius 2 is 2.28 bits per heavy atom. The highest BCUT2D eigenvalue weighted by atomic mass is 35.5. The maximum atomic E-state index is 11.8. The number of ether oxygens (including phenoxy) is 2. The van der Waals surface area contributed by atoms with E-state index in [0.717, 1.165) is 23.3 Å². The first-order chi connectivity index (χ1) is 8.56. The van der Waals surface area contributed by atoms with E-state index in [1.807, 2.05) is 19.9 Å². The van der Waals surface area contributed by atoms with Crippen molar-refractivity contribution in [3.8, 4) is 5.75 Å². The average molecular weight is 269 g/mol. The van der Waals surface area contributed by atoms with Gasteiger partial charge in [0, 0.05) is 23.4 Å². The largest absolute Gasteiger partial charge is 0.493 e. The summed E-state index contributed by atoms with van der Waals surface area (Å²) in [5.41, 5.74) is 1.96. The van der Waals surface area contributed by atoms with E-state index < -0.39 is 0 Å². The van der Waals surface area contributed by atoms with Crippen molar-refractivity contribution < 1.29 is 14.3 Å². The van der Waals surface area contributed by atoms with Crippen molar-refractivity contribution in [2.75, 3.05) is 13.2 Å². The van der Waals surface area contributed by atoms with Crippen molar-refractivity contribution in [1.82, 2.24) is 0 Å². The van der Waals surface area contributed by atoms with Crippen LogP contribution in [0, 0.1) is 0 Å². The van der Waals surface area contributed by atoms with Gasteiger partial charge in [-0.2, -0.15) is 0 Å². The van der Waals surface area contributed by atoms with Gasteiger partial charge in [-0.3, -0.25) is 4.79 Å². The molecular formula is C14H17ClO3. The lowest BCUT2D eigenvalue weighted by atomic mass is 10.0. The summed E-state index contributed by atoms with van der Waals surface area (Å²) in [4.78, 5) is 11.8. The Morgan fingerprint density at radius 1 is 1.50 bits per heavy atom. The van der Waals surface area contributed by atoms with Crippen LogP contribution in [0.5, 0.6) is 5.75 Å². The smallest absolute Gasteiger partial charge is 0.162 e. The minimum Gasteiger partial charge on any atom is -0.493 e. The number of rotatable bonds is 5. The van der Waals surface area contributed by atoms with Gasteiger partial charge < -0.3 is 9.47 Å². The van der Waals surface area contributed by atoms with E-state index in [-0.39, 0.29) is 18.5 Å². The second kappa shape index (κ2) is 5.72. The number of halogens is 1. The van der Waals surface area contributed by atoms with Crippen LogP contribution in [0.15, 0.2) is 12.1 Å². The van der Waals surface area contributed by atoms with Crippen LogP contribution in [-0.2, 0) is 22.4 Å². The van der Waals surface area contributed by atoms with Gasteiger partial charge in [-0.05, 0) is 31.5 Å². The quantitative estimate of drug-likeness (QED) is 0.824. The first kappa shape index (κ1) is 13.4. The molecule has 1 aromatic rings. The Balaban J connectivity index is 2.07. The van der Waals surface area contributed by atoms with Crippen LogP contribution >= 0.6 is 11.6 Å². The summed E-state index contributed by atoms with van der Waals surface area (Å²) in [6.07, 6.45) is 1.24. The Kier molecular flexibility index (Phi) is 4.25. The summed E-state index contributed by atoms with van der Waals surface area (Å²) in [6.45, 7) is 4.62. The van der Waals surface area contributed by atoms with Crippen LogP contribution < -0.4 is 4.74 Å². The number of hydrogen-bond donors (Lipinski definition) is 0. The van der Waals surface area contributed by atoms with Crippen LogP contribution in [0.4, 0.5) is 0 Å². The fourth-order valence-corrected chi connectivity index (χ4v) is 2.26. The summed E-state index contributed by atoms with van der Waals surface area (Å²) in [5.74, 6) is 0.876. The lowest BCUT2D eigenvalue weighted by Gasteiger charge is -2.10. The first-order valence-corrected chi connectivity index (χ1v) is 6.51. The number of Topliss-reactive ketones (excluding diaryl/α,β-unsaturated/α-hetero) is 1. The fourth-order valence-electron chi connectivity index (χ4n) is 2.00. The van der Waals surface area contributed by atoms with Crippen LogP contribution in [0.3, 0.4) is 0 Å². The van der Waals surface area contributed by atoms with Crippen LogP contribution in [0.1, 0.15) is 25.0 Å². The van der Waals surface area contributed by atoms with Crippen LogP contribution in [0.2, 0.25) is 5.02 Å². The molecule has 1 heterocycles. The number of ketones is 1. The van der Waals surface area contributed by atoms with Crippen molar-refractivity contribution in [3.63, 3.8) is 0 Å². The molecule has 0 spiro atoms. The molecule has 0 atom stereocenters. The van der Waals surface area contributed by atoms with Gasteiger partial charge in [-0.25, -0.2) is 0 Å². The molecule has 0 saturated heterocycles. The monoisotopic (exact) mass is 268 g/mol. The number of carbonyl (C=O) groups excluding carboxylic acids is 1. The molecule has 0 N–H and O–H groups in total. The van der Waals surface area contributed by atoms with Gasteiger partial charge in [0.05, 0.1) is 12.7 Å². The number of benzene rings is 1. The van der Waals surface area contributed by atoms with Crippen LogP contribution in [0.25, 0.3) is 0 Å². The van der Waals surface area contributed by atoms with Crippen LogP contribution in [-0.4, -0.2) is 25.1 Å². The minimum atomic E-state index is 0.0451. The molecular weight excluding hydrogens is 252 g/mol. The highest BCUT2D eigenvalue weighted by Crippen LogP contribution is 2.33. The van der Waals surface area contributed by atoms with Gasteiger partial charge in [0.25, 0.3) is 0 Å². The maximum absolute atomic E-state index is 11.8. The van der Waals surface area contributed by atoms with E-state index in [9.17, 15) is 4.79 Å². The zero-order valence-corrected chi connectivity index (χ0v) is 11.4. The van der Waals surface area contributed by atoms with E-state index in [1.165, 1.54) is 0 Å². The average Bonchev–Trinajstić information content (AvgIpc) is 2.74. The lowest BCUT2D eigenvalue weighted by molar-refractivity contribution is -0.124. The molecule has 0 bridgehead atoms. The van der Waals surface area contributed by atoms with Gasteiger partial charge in [-0.1, -0.05) is 11.6 Å². The van der Waals surface area contributed by atoms with Crippen molar-refractivity contribution in [3.05, 3.63) is 28.3 Å². The molecule has 1 aliphatic heterocycles. The zero-order valence-electron chi connectivity index (χ0n) is 10.7. The van der Waals surface area contributed by atoms with Gasteiger partial charge in [0.1, 0.15) is 12.4 Å². The fraction of sp³-hybridized carbons (Fsp3) is 0.500. The molecule has 18 heavy (non-hydrogen) atoms. The summed E-state index contributed by atoms with van der Waals surface area (Å²) < 4.78 is 10.9. The molecule has 3 nitrogen and oxygen atoms in total. The Morgan fingerprint density at radius 3 is 3.00 bits per heavy atom. The molecule has 0 radical (unpaired) electrons. The third kappa shape index (κ3) is 3.24. The minimum absolute atomic E-state index is 0.0451. The van der Waals surface area contributed by atoms with Gasteiger partial charge in [-0.15, -0.1) is 0 Å². The second-order valence-corrected chi connectivity index (χ2v) is 5.16. The van der Waals surface area contributed by atoms with E-state index in [0.29, 0.717) is 18.1 Å². The summed E-state index contributed by atoms with van der Waals surface area (Å²) in [7, 11) is 0. The summed E-state index contributed by atoms with van der Waals surface area (Å²) in [6, 6.07) is 3.71. The van der Waals surface area contributed by atoms with E-state index in [2.05, 4.69) is 0 Å².